The van der Waals surface area contributed by atoms with Gasteiger partial charge in [-0.25, -0.2) is 0 Å². The van der Waals surface area contributed by atoms with E-state index in [0.29, 0.717) is 25.8 Å². The number of benzene rings is 3. The molecule has 240 valence electrons. The molecule has 2 aliphatic carbocycles. The Hall–Kier alpha value is -4.10. The lowest BCUT2D eigenvalue weighted by Crippen LogP contribution is -2.57. The van der Waals surface area contributed by atoms with Crippen LogP contribution in [0.1, 0.15) is 68.7 Å². The largest absolute Gasteiger partial charge is 0.378 e. The maximum atomic E-state index is 14.6. The number of para-hydroxylation sites is 1. The van der Waals surface area contributed by atoms with E-state index in [4.69, 9.17) is 4.74 Å². The van der Waals surface area contributed by atoms with Gasteiger partial charge < -0.3 is 24.8 Å². The van der Waals surface area contributed by atoms with Crippen molar-refractivity contribution in [3.8, 4) is 0 Å². The van der Waals surface area contributed by atoms with E-state index >= 15 is 0 Å². The molecular weight excluding hydrogens is 572 g/mol. The molecule has 7 rings (SSSR count). The fourth-order valence-electron chi connectivity index (χ4n) is 8.34. The predicted octanol–water partition coefficient (Wildman–Crippen LogP) is 7.42. The summed E-state index contributed by atoms with van der Waals surface area (Å²) in [6.45, 7) is 10.3. The van der Waals surface area contributed by atoms with Gasteiger partial charge >= 0.3 is 0 Å². The number of rotatable bonds is 9. The molecule has 0 spiro atoms. The van der Waals surface area contributed by atoms with Crippen LogP contribution in [0.4, 0.5) is 11.4 Å². The topological polar surface area (TPSA) is 77.7 Å². The van der Waals surface area contributed by atoms with Crippen LogP contribution in [0.15, 0.2) is 78.9 Å². The first-order valence-corrected chi connectivity index (χ1v) is 16.9. The lowest BCUT2D eigenvalue weighted by Gasteiger charge is -2.40. The van der Waals surface area contributed by atoms with Crippen molar-refractivity contribution in [1.29, 1.82) is 0 Å². The van der Waals surface area contributed by atoms with Crippen molar-refractivity contribution in [1.82, 2.24) is 9.88 Å². The summed E-state index contributed by atoms with van der Waals surface area (Å²) in [4.78, 5) is 36.9. The molecule has 2 N–H and O–H groups in total. The molecule has 0 radical (unpaired) electrons. The molecule has 1 aromatic heterocycles. The van der Waals surface area contributed by atoms with Gasteiger partial charge in [0.05, 0.1) is 13.2 Å². The smallest absolute Gasteiger partial charge is 0.250 e. The normalized spacial score (nSPS) is 21.7. The number of aryl methyl sites for hydroxylation is 1. The Kier molecular flexibility index (Phi) is 8.14. The highest BCUT2D eigenvalue weighted by Gasteiger charge is 2.60. The number of hydrogen-bond acceptors (Lipinski definition) is 4. The zero-order valence-corrected chi connectivity index (χ0v) is 27.4. The van der Waals surface area contributed by atoms with Crippen LogP contribution in [-0.2, 0) is 20.9 Å². The minimum absolute atomic E-state index is 0.0167. The van der Waals surface area contributed by atoms with Gasteiger partial charge in [-0.15, -0.1) is 0 Å². The zero-order chi connectivity index (χ0) is 31.9. The minimum atomic E-state index is -0.888. The molecule has 2 heterocycles. The van der Waals surface area contributed by atoms with Gasteiger partial charge in [0, 0.05) is 54.0 Å². The number of nitrogens with one attached hydrogen (secondary N) is 2. The van der Waals surface area contributed by atoms with Crippen LogP contribution in [0.5, 0.6) is 0 Å². The molecular formula is C39H46N4O3. The van der Waals surface area contributed by atoms with E-state index < -0.39 is 5.54 Å². The summed E-state index contributed by atoms with van der Waals surface area (Å²) in [6, 6.07) is 26.7. The van der Waals surface area contributed by atoms with Crippen molar-refractivity contribution in [2.75, 3.05) is 36.5 Å². The molecule has 46 heavy (non-hydrogen) atoms. The van der Waals surface area contributed by atoms with E-state index in [2.05, 4.69) is 84.5 Å². The molecule has 2 saturated carbocycles. The van der Waals surface area contributed by atoms with Crippen LogP contribution in [0.2, 0.25) is 0 Å². The number of carbonyl (C=O) groups excluding carboxylic acids is 2. The molecule has 2 amide bonds. The fourth-order valence-corrected chi connectivity index (χ4v) is 8.34. The first kappa shape index (κ1) is 30.5. The van der Waals surface area contributed by atoms with Gasteiger partial charge in [0.15, 0.2) is 0 Å². The van der Waals surface area contributed by atoms with Gasteiger partial charge in [-0.1, -0.05) is 75.2 Å². The molecule has 1 saturated heterocycles. The lowest BCUT2D eigenvalue weighted by molar-refractivity contribution is -0.146. The van der Waals surface area contributed by atoms with Crippen molar-refractivity contribution < 1.29 is 14.3 Å². The number of H-pyrrole nitrogens is 1. The summed E-state index contributed by atoms with van der Waals surface area (Å²) in [6.07, 6.45) is 3.61. The quantitative estimate of drug-likeness (QED) is 0.205. The van der Waals surface area contributed by atoms with Crippen molar-refractivity contribution in [2.24, 2.45) is 11.3 Å². The Bertz CT molecular complexity index is 1700. The predicted molar refractivity (Wildman–Crippen MR) is 184 cm³/mol. The van der Waals surface area contributed by atoms with Gasteiger partial charge in [0.25, 0.3) is 0 Å². The first-order valence-electron chi connectivity index (χ1n) is 16.9. The van der Waals surface area contributed by atoms with E-state index in [1.54, 1.807) is 0 Å². The molecule has 2 atom stereocenters. The van der Waals surface area contributed by atoms with Crippen LogP contribution >= 0.6 is 0 Å². The van der Waals surface area contributed by atoms with Gasteiger partial charge in [-0.3, -0.25) is 9.59 Å². The van der Waals surface area contributed by atoms with Crippen LogP contribution in [0, 0.1) is 18.3 Å². The van der Waals surface area contributed by atoms with Gasteiger partial charge in [-0.2, -0.15) is 0 Å². The number of amides is 2. The molecule has 0 unspecified atom stereocenters. The highest BCUT2D eigenvalue weighted by atomic mass is 16.5. The third-order valence-electron chi connectivity index (χ3n) is 11.1. The first-order chi connectivity index (χ1) is 22.3. The van der Waals surface area contributed by atoms with Crippen molar-refractivity contribution in [3.63, 3.8) is 0 Å². The van der Waals surface area contributed by atoms with Crippen molar-refractivity contribution >= 4 is 34.1 Å². The Morgan fingerprint density at radius 3 is 2.33 bits per heavy atom. The monoisotopic (exact) mass is 618 g/mol. The summed E-state index contributed by atoms with van der Waals surface area (Å²) in [5, 5.41) is 4.49. The van der Waals surface area contributed by atoms with Crippen LogP contribution in [-0.4, -0.2) is 53.5 Å². The van der Waals surface area contributed by atoms with Gasteiger partial charge in [0.1, 0.15) is 5.54 Å². The molecule has 1 aliphatic heterocycles. The second kappa shape index (κ2) is 12.3. The van der Waals surface area contributed by atoms with E-state index in [1.165, 1.54) is 16.6 Å². The maximum Gasteiger partial charge on any atom is 0.250 e. The number of anilines is 2. The SMILES string of the molecule is Cc1[nH]c2ccccc2c1[C@H]1[C@@H](CC(=O)N(Cc2ccccc2)C2(C(=O)Nc3ccc(N4CCOCC4)cc3)CCCC2)C1(C)C. The number of aromatic nitrogens is 1. The Labute approximate surface area is 272 Å². The van der Waals surface area contributed by atoms with Crippen LogP contribution in [0.25, 0.3) is 10.9 Å². The van der Waals surface area contributed by atoms with Gasteiger partial charge in [0.2, 0.25) is 11.8 Å². The van der Waals surface area contributed by atoms with Crippen molar-refractivity contribution in [2.45, 2.75) is 70.9 Å². The number of morpholine rings is 1. The molecule has 3 aromatic carbocycles. The summed E-state index contributed by atoms with van der Waals surface area (Å²) < 4.78 is 5.50. The van der Waals surface area contributed by atoms with E-state index in [0.717, 1.165) is 61.6 Å². The number of hydrogen-bond donors (Lipinski definition) is 2. The molecule has 3 fully saturated rings. The number of nitrogens with zero attached hydrogens (tertiary/aromatic N) is 2. The highest BCUT2D eigenvalue weighted by molar-refractivity contribution is 6.01. The molecule has 4 aromatic rings. The number of aromatic amines is 1. The highest BCUT2D eigenvalue weighted by Crippen LogP contribution is 2.67. The summed E-state index contributed by atoms with van der Waals surface area (Å²) in [5.41, 5.74) is 5.70. The number of fused-ring (bicyclic) bond motifs is 1. The summed E-state index contributed by atoms with van der Waals surface area (Å²) in [7, 11) is 0. The van der Waals surface area contributed by atoms with Crippen LogP contribution < -0.4 is 10.2 Å². The number of ether oxygens (including phenoxy) is 1. The average Bonchev–Trinajstić information content (AvgIpc) is 3.42. The Balaban J connectivity index is 1.15. The molecule has 0 bridgehead atoms. The molecule has 7 nitrogen and oxygen atoms in total. The van der Waals surface area contributed by atoms with Crippen molar-refractivity contribution in [3.05, 3.63) is 95.7 Å². The molecule has 7 heteroatoms. The zero-order valence-electron chi connectivity index (χ0n) is 27.4. The Morgan fingerprint density at radius 1 is 0.935 bits per heavy atom. The van der Waals surface area contributed by atoms with E-state index in [-0.39, 0.29) is 29.1 Å². The third-order valence-corrected chi connectivity index (χ3v) is 11.1. The lowest BCUT2D eigenvalue weighted by atomic mass is 9.91. The number of carbonyl (C=O) groups is 2. The fraction of sp³-hybridized carbons (Fsp3) is 0.436. The second-order valence-corrected chi connectivity index (χ2v) is 14.1. The summed E-state index contributed by atoms with van der Waals surface area (Å²) >= 11 is 0. The van der Waals surface area contributed by atoms with Gasteiger partial charge in [-0.05, 0) is 78.5 Å². The Morgan fingerprint density at radius 2 is 1.61 bits per heavy atom. The van der Waals surface area contributed by atoms with E-state index in [9.17, 15) is 9.59 Å². The minimum Gasteiger partial charge on any atom is -0.378 e. The third kappa shape index (κ3) is 5.59. The molecule has 3 aliphatic rings. The summed E-state index contributed by atoms with van der Waals surface area (Å²) in [5.74, 6) is 0.476. The van der Waals surface area contributed by atoms with E-state index in [1.807, 2.05) is 35.2 Å². The average molecular weight is 619 g/mol. The standard InChI is InChI=1S/C39H46N4O3/c1-27-35(31-13-7-8-14-33(31)40-27)36-32(38(36,2)3)25-34(44)43(26-28-11-5-4-6-12-28)39(19-9-10-20-39)37(45)41-29-15-17-30(18-16-29)42-21-23-46-24-22-42/h4-8,11-18,32,36,40H,9-10,19-26H2,1-3H3,(H,41,45)/t32-,36-/m1/s1. The van der Waals surface area contributed by atoms with Crippen LogP contribution in [0.3, 0.4) is 0 Å². The second-order valence-electron chi connectivity index (χ2n) is 14.1. The maximum absolute atomic E-state index is 14.6.